The van der Waals surface area contributed by atoms with Gasteiger partial charge in [-0.2, -0.15) is 0 Å². The van der Waals surface area contributed by atoms with Crippen LogP contribution in [0.2, 0.25) is 5.02 Å². The van der Waals surface area contributed by atoms with E-state index in [9.17, 15) is 9.59 Å². The number of piperazine rings is 1. The lowest BCUT2D eigenvalue weighted by Gasteiger charge is -2.41. The van der Waals surface area contributed by atoms with Gasteiger partial charge in [0.05, 0.1) is 5.02 Å². The van der Waals surface area contributed by atoms with Crippen LogP contribution in [0.4, 0.5) is 5.69 Å². The molecule has 1 aromatic rings. The molecule has 19 heavy (non-hydrogen) atoms. The Kier molecular flexibility index (Phi) is 3.62. The fourth-order valence-electron chi connectivity index (χ4n) is 2.04. The van der Waals surface area contributed by atoms with E-state index in [1.807, 2.05) is 0 Å². The minimum Gasteiger partial charge on any atom is -0.340 e. The van der Waals surface area contributed by atoms with Gasteiger partial charge in [-0.25, -0.2) is 0 Å². The zero-order chi connectivity index (χ0) is 14.4. The number of hydrogen-bond acceptors (Lipinski definition) is 2. The molecule has 1 aromatic carbocycles. The summed E-state index contributed by atoms with van der Waals surface area (Å²) in [7, 11) is 0. The highest BCUT2D eigenvalue weighted by Crippen LogP contribution is 2.31. The summed E-state index contributed by atoms with van der Waals surface area (Å²) in [6, 6.07) is 4.62. The lowest BCUT2D eigenvalue weighted by Crippen LogP contribution is -2.67. The Balaban J connectivity index is 2.48. The molecule has 1 saturated heterocycles. The highest BCUT2D eigenvalue weighted by Gasteiger charge is 2.44. The summed E-state index contributed by atoms with van der Waals surface area (Å²) in [6.07, 6.45) is 0. The third kappa shape index (κ3) is 2.49. The molecule has 1 fully saturated rings. The maximum absolute atomic E-state index is 12.5. The number of benzene rings is 1. The summed E-state index contributed by atoms with van der Waals surface area (Å²) < 4.78 is 0.690. The van der Waals surface area contributed by atoms with Crippen molar-refractivity contribution in [3.63, 3.8) is 0 Å². The first-order chi connectivity index (χ1) is 8.74. The van der Waals surface area contributed by atoms with E-state index in [1.165, 1.54) is 4.90 Å². The van der Waals surface area contributed by atoms with E-state index in [0.29, 0.717) is 15.2 Å². The van der Waals surface area contributed by atoms with Crippen molar-refractivity contribution >= 4 is 45.0 Å². The van der Waals surface area contributed by atoms with Crippen LogP contribution in [-0.2, 0) is 9.59 Å². The van der Waals surface area contributed by atoms with E-state index in [2.05, 4.69) is 21.2 Å². The van der Waals surface area contributed by atoms with Crippen molar-refractivity contribution in [2.24, 2.45) is 0 Å². The lowest BCUT2D eigenvalue weighted by atomic mass is 9.96. The minimum absolute atomic E-state index is 0.145. The summed E-state index contributed by atoms with van der Waals surface area (Å²) in [5.41, 5.74) is -0.257. The molecular formula is C13H14BrClN2O2. The average Bonchev–Trinajstić information content (AvgIpc) is 2.31. The van der Waals surface area contributed by atoms with Gasteiger partial charge in [-0.15, -0.1) is 0 Å². The number of anilines is 1. The Labute approximate surface area is 125 Å². The van der Waals surface area contributed by atoms with Gasteiger partial charge in [0.1, 0.15) is 11.6 Å². The molecule has 1 aliphatic rings. The van der Waals surface area contributed by atoms with Crippen LogP contribution in [0, 0.1) is 0 Å². The Hall–Kier alpha value is -1.07. The third-order valence-corrected chi connectivity index (χ3v) is 4.35. The van der Waals surface area contributed by atoms with E-state index in [0.717, 1.165) is 0 Å². The van der Waals surface area contributed by atoms with Crippen molar-refractivity contribution in [3.05, 3.63) is 27.7 Å². The van der Waals surface area contributed by atoms with Gasteiger partial charge in [-0.05, 0) is 54.9 Å². The van der Waals surface area contributed by atoms with Gasteiger partial charge in [0.2, 0.25) is 5.91 Å². The van der Waals surface area contributed by atoms with Gasteiger partial charge >= 0.3 is 0 Å². The van der Waals surface area contributed by atoms with E-state index in [4.69, 9.17) is 11.6 Å². The Morgan fingerprint density at radius 2 is 2.00 bits per heavy atom. The molecule has 1 aliphatic heterocycles. The first-order valence-corrected chi connectivity index (χ1v) is 7.02. The topological polar surface area (TPSA) is 49.4 Å². The maximum atomic E-state index is 12.5. The molecule has 2 rings (SSSR count). The molecule has 0 radical (unpaired) electrons. The number of halogens is 2. The number of nitrogens with zero attached hydrogens (tertiary/aromatic N) is 1. The lowest BCUT2D eigenvalue weighted by molar-refractivity contribution is -0.136. The summed E-state index contributed by atoms with van der Waals surface area (Å²) in [6.45, 7) is 5.08. The molecule has 1 unspecified atom stereocenters. The summed E-state index contributed by atoms with van der Waals surface area (Å²) in [5.74, 6) is -0.315. The maximum Gasteiger partial charge on any atom is 0.252 e. The van der Waals surface area contributed by atoms with E-state index in [-0.39, 0.29) is 11.8 Å². The second-order valence-corrected chi connectivity index (χ2v) is 6.33. The average molecular weight is 346 g/mol. The van der Waals surface area contributed by atoms with Crippen LogP contribution in [0.15, 0.2) is 22.7 Å². The van der Waals surface area contributed by atoms with Crippen molar-refractivity contribution in [2.45, 2.75) is 32.4 Å². The monoisotopic (exact) mass is 344 g/mol. The molecule has 0 spiro atoms. The number of carbonyl (C=O) groups excluding carboxylic acids is 2. The quantitative estimate of drug-likeness (QED) is 0.851. The molecular weight excluding hydrogens is 332 g/mol. The first kappa shape index (κ1) is 14.3. The van der Waals surface area contributed by atoms with Crippen LogP contribution < -0.4 is 10.2 Å². The van der Waals surface area contributed by atoms with Gasteiger partial charge in [0.25, 0.3) is 5.91 Å². The normalized spacial score (nSPS) is 22.4. The summed E-state index contributed by atoms with van der Waals surface area (Å²) in [5, 5.41) is 3.27. The SMILES string of the molecule is CC1C(=O)NC(C)(C)C(=O)N1c1ccc(Cl)c(Br)c1. The van der Waals surface area contributed by atoms with Crippen molar-refractivity contribution in [1.82, 2.24) is 5.32 Å². The molecule has 1 heterocycles. The standard InChI is InChI=1S/C13H14BrClN2O2/c1-7-11(18)16-13(2,3)12(19)17(7)8-4-5-10(15)9(14)6-8/h4-7H,1-3H3,(H,16,18). The van der Waals surface area contributed by atoms with Crippen molar-refractivity contribution in [1.29, 1.82) is 0 Å². The van der Waals surface area contributed by atoms with Gasteiger partial charge in [-0.1, -0.05) is 11.6 Å². The van der Waals surface area contributed by atoms with Crippen LogP contribution in [0.5, 0.6) is 0 Å². The summed E-state index contributed by atoms with van der Waals surface area (Å²) >= 11 is 9.27. The number of hydrogen-bond donors (Lipinski definition) is 1. The van der Waals surface area contributed by atoms with Crippen LogP contribution in [0.3, 0.4) is 0 Å². The fourth-order valence-corrected chi connectivity index (χ4v) is 2.52. The van der Waals surface area contributed by atoms with Gasteiger partial charge < -0.3 is 5.32 Å². The van der Waals surface area contributed by atoms with Crippen LogP contribution >= 0.6 is 27.5 Å². The Bertz CT molecular complexity index is 560. The van der Waals surface area contributed by atoms with E-state index in [1.54, 1.807) is 39.0 Å². The molecule has 0 aromatic heterocycles. The Morgan fingerprint density at radius 1 is 1.37 bits per heavy atom. The predicted octanol–water partition coefficient (Wildman–Crippen LogP) is 2.73. The van der Waals surface area contributed by atoms with Gasteiger partial charge in [0, 0.05) is 10.2 Å². The summed E-state index contributed by atoms with van der Waals surface area (Å²) in [4.78, 5) is 25.9. The largest absolute Gasteiger partial charge is 0.340 e. The molecule has 0 bridgehead atoms. The highest BCUT2D eigenvalue weighted by molar-refractivity contribution is 9.10. The number of carbonyl (C=O) groups is 2. The number of rotatable bonds is 1. The van der Waals surface area contributed by atoms with Gasteiger partial charge in [-0.3, -0.25) is 14.5 Å². The Morgan fingerprint density at radius 3 is 2.58 bits per heavy atom. The highest BCUT2D eigenvalue weighted by atomic mass is 79.9. The zero-order valence-electron chi connectivity index (χ0n) is 10.8. The zero-order valence-corrected chi connectivity index (χ0v) is 13.2. The van der Waals surface area contributed by atoms with E-state index >= 15 is 0 Å². The molecule has 1 atom stereocenters. The molecule has 2 amide bonds. The predicted molar refractivity (Wildman–Crippen MR) is 78.3 cm³/mol. The second kappa shape index (κ2) is 4.80. The van der Waals surface area contributed by atoms with Crippen molar-refractivity contribution < 1.29 is 9.59 Å². The smallest absolute Gasteiger partial charge is 0.252 e. The molecule has 0 saturated carbocycles. The molecule has 6 heteroatoms. The number of amides is 2. The van der Waals surface area contributed by atoms with Crippen LogP contribution in [0.1, 0.15) is 20.8 Å². The fraction of sp³-hybridized carbons (Fsp3) is 0.385. The molecule has 4 nitrogen and oxygen atoms in total. The van der Waals surface area contributed by atoms with Gasteiger partial charge in [0.15, 0.2) is 0 Å². The number of nitrogens with one attached hydrogen (secondary N) is 1. The molecule has 1 N–H and O–H groups in total. The van der Waals surface area contributed by atoms with E-state index < -0.39 is 11.6 Å². The van der Waals surface area contributed by atoms with Crippen LogP contribution in [0.25, 0.3) is 0 Å². The van der Waals surface area contributed by atoms with Crippen molar-refractivity contribution in [3.8, 4) is 0 Å². The van der Waals surface area contributed by atoms with Crippen molar-refractivity contribution in [2.75, 3.05) is 4.90 Å². The van der Waals surface area contributed by atoms with Crippen LogP contribution in [-0.4, -0.2) is 23.4 Å². The second-order valence-electron chi connectivity index (χ2n) is 5.06. The first-order valence-electron chi connectivity index (χ1n) is 5.85. The minimum atomic E-state index is -0.907. The third-order valence-electron chi connectivity index (χ3n) is 3.14. The molecule has 0 aliphatic carbocycles. The molecule has 102 valence electrons.